The zero-order valence-corrected chi connectivity index (χ0v) is 12.9. The van der Waals surface area contributed by atoms with Crippen LogP contribution in [0.15, 0.2) is 22.8 Å². The Morgan fingerprint density at radius 2 is 1.91 bits per heavy atom. The fourth-order valence-corrected chi connectivity index (χ4v) is 2.15. The smallest absolute Gasteiger partial charge is 0.305 e. The number of carbonyl (C=O) groups is 3. The van der Waals surface area contributed by atoms with Gasteiger partial charge >= 0.3 is 5.91 Å². The van der Waals surface area contributed by atoms with Gasteiger partial charge in [0.25, 0.3) is 0 Å². The number of rotatable bonds is 7. The Hall–Kier alpha value is -2.31. The highest BCUT2D eigenvalue weighted by Crippen LogP contribution is 2.22. The predicted molar refractivity (Wildman–Crippen MR) is 76.0 cm³/mol. The molecule has 0 aromatic carbocycles. The number of amides is 2. The molecular formula is C15H21N2O5-. The van der Waals surface area contributed by atoms with Crippen LogP contribution in [0, 0.1) is 17.8 Å². The van der Waals surface area contributed by atoms with Gasteiger partial charge in [0.15, 0.2) is 5.76 Å². The van der Waals surface area contributed by atoms with E-state index in [9.17, 15) is 19.5 Å². The van der Waals surface area contributed by atoms with Crippen LogP contribution in [0.2, 0.25) is 0 Å². The van der Waals surface area contributed by atoms with Crippen LogP contribution in [0.4, 0.5) is 0 Å². The molecule has 1 heterocycles. The number of aliphatic carboxylic acids is 1. The van der Waals surface area contributed by atoms with Crippen LogP contribution in [0.25, 0.3) is 0 Å². The molecule has 7 nitrogen and oxygen atoms in total. The maximum Gasteiger partial charge on any atom is 0.305 e. The molecule has 2 amide bonds. The van der Waals surface area contributed by atoms with E-state index < -0.39 is 29.6 Å². The van der Waals surface area contributed by atoms with E-state index in [0.29, 0.717) is 6.42 Å². The molecule has 0 radical (unpaired) electrons. The normalized spacial score (nSPS) is 13.5. The van der Waals surface area contributed by atoms with Crippen molar-refractivity contribution < 1.29 is 23.9 Å². The van der Waals surface area contributed by atoms with Crippen LogP contribution in [0.3, 0.4) is 0 Å². The fraction of sp³-hybridized carbons (Fsp3) is 0.533. The van der Waals surface area contributed by atoms with Crippen LogP contribution in [0.5, 0.6) is 0 Å². The Bertz CT molecular complexity index is 510. The van der Waals surface area contributed by atoms with Gasteiger partial charge in [0, 0.05) is 18.3 Å². The highest BCUT2D eigenvalue weighted by atomic mass is 16.4. The van der Waals surface area contributed by atoms with Gasteiger partial charge in [-0.3, -0.25) is 20.4 Å². The highest BCUT2D eigenvalue weighted by Gasteiger charge is 2.22. The van der Waals surface area contributed by atoms with Gasteiger partial charge in [-0.15, -0.1) is 0 Å². The van der Waals surface area contributed by atoms with E-state index >= 15 is 0 Å². The topological polar surface area (TPSA) is 111 Å². The number of carboxylic acid groups (broad SMARTS) is 1. The zero-order chi connectivity index (χ0) is 16.7. The van der Waals surface area contributed by atoms with Crippen LogP contribution in [-0.2, 0) is 9.59 Å². The molecule has 0 saturated carbocycles. The first-order valence-corrected chi connectivity index (χ1v) is 7.14. The summed E-state index contributed by atoms with van der Waals surface area (Å²) in [6, 6.07) is 3.01. The zero-order valence-electron chi connectivity index (χ0n) is 12.9. The molecule has 0 aliphatic heterocycles. The molecule has 0 saturated heterocycles. The lowest BCUT2D eigenvalue weighted by atomic mass is 9.84. The monoisotopic (exact) mass is 309 g/mol. The van der Waals surface area contributed by atoms with Crippen molar-refractivity contribution in [1.29, 1.82) is 0 Å². The summed E-state index contributed by atoms with van der Waals surface area (Å²) in [5.41, 5.74) is 4.44. The molecule has 0 spiro atoms. The van der Waals surface area contributed by atoms with Gasteiger partial charge in [-0.05, 0) is 30.4 Å². The van der Waals surface area contributed by atoms with Crippen LogP contribution in [0.1, 0.15) is 44.2 Å². The molecule has 0 aliphatic carbocycles. The lowest BCUT2D eigenvalue weighted by Gasteiger charge is -2.26. The molecule has 2 atom stereocenters. The molecule has 22 heavy (non-hydrogen) atoms. The number of nitrogens with one attached hydrogen (secondary N) is 2. The predicted octanol–water partition coefficient (Wildman–Crippen LogP) is 0.479. The average Bonchev–Trinajstić information content (AvgIpc) is 2.95. The van der Waals surface area contributed by atoms with Gasteiger partial charge in [-0.2, -0.15) is 0 Å². The van der Waals surface area contributed by atoms with E-state index in [4.69, 9.17) is 4.42 Å². The minimum absolute atomic E-state index is 0.0240. The van der Waals surface area contributed by atoms with Crippen molar-refractivity contribution >= 4 is 17.8 Å². The quantitative estimate of drug-likeness (QED) is 0.711. The van der Waals surface area contributed by atoms with Crippen molar-refractivity contribution in [3.8, 4) is 0 Å². The van der Waals surface area contributed by atoms with Crippen molar-refractivity contribution in [3.05, 3.63) is 24.2 Å². The molecule has 0 fully saturated rings. The van der Waals surface area contributed by atoms with Gasteiger partial charge in [0.05, 0.1) is 6.26 Å². The number of furan rings is 1. The Morgan fingerprint density at radius 1 is 1.23 bits per heavy atom. The second kappa shape index (κ2) is 8.21. The molecule has 122 valence electrons. The number of hydrazine groups is 1. The fourth-order valence-electron chi connectivity index (χ4n) is 2.15. The van der Waals surface area contributed by atoms with Crippen LogP contribution < -0.4 is 16.0 Å². The summed E-state index contributed by atoms with van der Waals surface area (Å²) in [5.74, 6) is -3.05. The van der Waals surface area contributed by atoms with E-state index in [2.05, 4.69) is 10.9 Å². The maximum atomic E-state index is 11.8. The highest BCUT2D eigenvalue weighted by molar-refractivity contribution is 5.92. The minimum Gasteiger partial charge on any atom is -0.550 e. The first kappa shape index (κ1) is 17.7. The van der Waals surface area contributed by atoms with Gasteiger partial charge in [-0.25, -0.2) is 0 Å². The molecule has 1 aromatic rings. The van der Waals surface area contributed by atoms with Gasteiger partial charge in [0.1, 0.15) is 0 Å². The Kier molecular flexibility index (Phi) is 6.62. The molecule has 0 unspecified atom stereocenters. The van der Waals surface area contributed by atoms with E-state index in [1.165, 1.54) is 12.3 Å². The van der Waals surface area contributed by atoms with E-state index in [1.54, 1.807) is 13.0 Å². The van der Waals surface area contributed by atoms with Crippen LogP contribution in [-0.4, -0.2) is 17.8 Å². The van der Waals surface area contributed by atoms with Crippen LogP contribution >= 0.6 is 0 Å². The summed E-state index contributed by atoms with van der Waals surface area (Å²) in [4.78, 5) is 34.5. The standard InChI is InChI=1S/C15H22N2O5/c1-9(2)7-11(15(20)21)10(3)8-13(18)16-17-14(19)12-5-4-6-22-12/h4-6,9-11H,7-8H2,1-3H3,(H,16,18)(H,17,19)(H,20,21)/p-1/t10-,11-/m0/s1. The molecule has 1 aromatic heterocycles. The Labute approximate surface area is 129 Å². The molecule has 2 N–H and O–H groups in total. The summed E-state index contributed by atoms with van der Waals surface area (Å²) in [7, 11) is 0. The molecule has 0 aliphatic rings. The number of hydrogen-bond acceptors (Lipinski definition) is 5. The largest absolute Gasteiger partial charge is 0.550 e. The summed E-state index contributed by atoms with van der Waals surface area (Å²) >= 11 is 0. The van der Waals surface area contributed by atoms with E-state index in [1.807, 2.05) is 13.8 Å². The lowest BCUT2D eigenvalue weighted by Crippen LogP contribution is -2.43. The molecular weight excluding hydrogens is 288 g/mol. The van der Waals surface area contributed by atoms with Crippen molar-refractivity contribution in [1.82, 2.24) is 10.9 Å². The molecule has 7 heteroatoms. The Balaban J connectivity index is 2.45. The maximum absolute atomic E-state index is 11.8. The third-order valence-electron chi connectivity index (χ3n) is 3.28. The third kappa shape index (κ3) is 5.59. The minimum atomic E-state index is -1.16. The number of hydrogen-bond donors (Lipinski definition) is 2. The van der Waals surface area contributed by atoms with E-state index in [-0.39, 0.29) is 18.1 Å². The average molecular weight is 309 g/mol. The summed E-state index contributed by atoms with van der Waals surface area (Å²) < 4.78 is 4.87. The number of carboxylic acids is 1. The van der Waals surface area contributed by atoms with Crippen molar-refractivity contribution in [2.45, 2.75) is 33.6 Å². The third-order valence-corrected chi connectivity index (χ3v) is 3.28. The van der Waals surface area contributed by atoms with Crippen molar-refractivity contribution in [3.63, 3.8) is 0 Å². The first-order chi connectivity index (χ1) is 10.3. The summed E-state index contributed by atoms with van der Waals surface area (Å²) in [6.45, 7) is 5.50. The Morgan fingerprint density at radius 3 is 2.41 bits per heavy atom. The van der Waals surface area contributed by atoms with Gasteiger partial charge in [0.2, 0.25) is 5.91 Å². The van der Waals surface area contributed by atoms with Crippen molar-refractivity contribution in [2.24, 2.45) is 17.8 Å². The lowest BCUT2D eigenvalue weighted by molar-refractivity contribution is -0.313. The van der Waals surface area contributed by atoms with Gasteiger partial charge in [-0.1, -0.05) is 20.8 Å². The summed E-state index contributed by atoms with van der Waals surface area (Å²) in [6.07, 6.45) is 1.76. The second-order valence-corrected chi connectivity index (χ2v) is 5.72. The molecule has 1 rings (SSSR count). The molecule has 0 bridgehead atoms. The number of carbonyl (C=O) groups excluding carboxylic acids is 3. The second-order valence-electron chi connectivity index (χ2n) is 5.72. The van der Waals surface area contributed by atoms with Crippen molar-refractivity contribution in [2.75, 3.05) is 0 Å². The SMILES string of the molecule is CC(C)C[C@H](C(=O)[O-])[C@@H](C)CC(=O)NNC(=O)c1ccco1. The summed E-state index contributed by atoms with van der Waals surface area (Å²) in [5, 5.41) is 11.2. The van der Waals surface area contributed by atoms with Gasteiger partial charge < -0.3 is 14.3 Å². The van der Waals surface area contributed by atoms with E-state index in [0.717, 1.165) is 0 Å². The first-order valence-electron chi connectivity index (χ1n) is 7.14.